The van der Waals surface area contributed by atoms with Gasteiger partial charge in [-0.3, -0.25) is 4.98 Å². The number of nitrogens with zero attached hydrogens (tertiary/aromatic N) is 3. The first-order valence-corrected chi connectivity index (χ1v) is 7.23. The van der Waals surface area contributed by atoms with Gasteiger partial charge in [-0.1, -0.05) is 41.7 Å². The van der Waals surface area contributed by atoms with Crippen LogP contribution in [-0.2, 0) is 0 Å². The standard InChI is InChI=1S/C15H14N4OS/c1-20-12-9-17-8-7-11(12)14-18-19-15(21-14)13(16)10-5-3-2-4-6-10/h2-9,13H,16H2,1H3. The first-order valence-electron chi connectivity index (χ1n) is 6.42. The van der Waals surface area contributed by atoms with Gasteiger partial charge in [0, 0.05) is 6.20 Å². The number of rotatable bonds is 4. The summed E-state index contributed by atoms with van der Waals surface area (Å²) in [7, 11) is 1.61. The summed E-state index contributed by atoms with van der Waals surface area (Å²) >= 11 is 1.46. The van der Waals surface area contributed by atoms with E-state index in [2.05, 4.69) is 15.2 Å². The van der Waals surface area contributed by atoms with Crippen LogP contribution in [0.15, 0.2) is 48.8 Å². The van der Waals surface area contributed by atoms with E-state index in [0.29, 0.717) is 5.75 Å². The third-order valence-corrected chi connectivity index (χ3v) is 4.14. The largest absolute Gasteiger partial charge is 0.494 e. The highest BCUT2D eigenvalue weighted by molar-refractivity contribution is 7.14. The summed E-state index contributed by atoms with van der Waals surface area (Å²) in [6.45, 7) is 0. The van der Waals surface area contributed by atoms with E-state index in [1.165, 1.54) is 11.3 Å². The average molecular weight is 298 g/mol. The highest BCUT2D eigenvalue weighted by Gasteiger charge is 2.17. The van der Waals surface area contributed by atoms with Gasteiger partial charge in [0.05, 0.1) is 24.9 Å². The molecule has 0 saturated carbocycles. The zero-order valence-electron chi connectivity index (χ0n) is 11.4. The first-order chi connectivity index (χ1) is 10.3. The van der Waals surface area contributed by atoms with Gasteiger partial charge in [0.25, 0.3) is 0 Å². The molecule has 5 nitrogen and oxygen atoms in total. The maximum absolute atomic E-state index is 6.24. The highest BCUT2D eigenvalue weighted by atomic mass is 32.1. The van der Waals surface area contributed by atoms with E-state index in [4.69, 9.17) is 10.5 Å². The van der Waals surface area contributed by atoms with E-state index in [0.717, 1.165) is 21.1 Å². The molecule has 0 saturated heterocycles. The van der Waals surface area contributed by atoms with E-state index in [-0.39, 0.29) is 6.04 Å². The Bertz CT molecular complexity index is 729. The normalized spacial score (nSPS) is 12.1. The van der Waals surface area contributed by atoms with Crippen LogP contribution in [0, 0.1) is 0 Å². The van der Waals surface area contributed by atoms with E-state index >= 15 is 0 Å². The van der Waals surface area contributed by atoms with Gasteiger partial charge in [0.2, 0.25) is 0 Å². The number of aromatic nitrogens is 3. The number of methoxy groups -OCH3 is 1. The second kappa shape index (κ2) is 5.99. The van der Waals surface area contributed by atoms with Crippen molar-refractivity contribution in [1.82, 2.24) is 15.2 Å². The van der Waals surface area contributed by atoms with Crippen LogP contribution >= 0.6 is 11.3 Å². The van der Waals surface area contributed by atoms with E-state index in [1.54, 1.807) is 19.5 Å². The van der Waals surface area contributed by atoms with E-state index in [1.807, 2.05) is 36.4 Å². The molecule has 1 atom stereocenters. The summed E-state index contributed by atoms with van der Waals surface area (Å²) < 4.78 is 5.30. The molecular weight excluding hydrogens is 284 g/mol. The van der Waals surface area contributed by atoms with Crippen LogP contribution < -0.4 is 10.5 Å². The quantitative estimate of drug-likeness (QED) is 0.801. The van der Waals surface area contributed by atoms with Gasteiger partial charge >= 0.3 is 0 Å². The van der Waals surface area contributed by atoms with Crippen molar-refractivity contribution in [2.45, 2.75) is 6.04 Å². The van der Waals surface area contributed by atoms with Crippen LogP contribution in [0.3, 0.4) is 0 Å². The molecular formula is C15H14N4OS. The van der Waals surface area contributed by atoms with Gasteiger partial charge in [-0.2, -0.15) is 0 Å². The van der Waals surface area contributed by atoms with Crippen molar-refractivity contribution < 1.29 is 4.74 Å². The van der Waals surface area contributed by atoms with Crippen molar-refractivity contribution in [3.8, 4) is 16.3 Å². The van der Waals surface area contributed by atoms with Crippen molar-refractivity contribution in [2.24, 2.45) is 5.73 Å². The maximum atomic E-state index is 6.24. The van der Waals surface area contributed by atoms with Gasteiger partial charge in [-0.15, -0.1) is 10.2 Å². The van der Waals surface area contributed by atoms with Gasteiger partial charge in [-0.25, -0.2) is 0 Å². The molecule has 3 rings (SSSR count). The molecule has 0 aliphatic carbocycles. The second-order valence-electron chi connectivity index (χ2n) is 4.41. The third kappa shape index (κ3) is 2.76. The van der Waals surface area contributed by atoms with Crippen LogP contribution in [0.4, 0.5) is 0 Å². The minimum atomic E-state index is -0.273. The Kier molecular flexibility index (Phi) is 3.89. The summed E-state index contributed by atoms with van der Waals surface area (Å²) in [5.74, 6) is 0.675. The molecule has 2 aromatic heterocycles. The summed E-state index contributed by atoms with van der Waals surface area (Å²) in [5.41, 5.74) is 8.13. The molecule has 2 N–H and O–H groups in total. The minimum absolute atomic E-state index is 0.273. The summed E-state index contributed by atoms with van der Waals surface area (Å²) in [6, 6.07) is 11.4. The fourth-order valence-corrected chi connectivity index (χ4v) is 2.89. The lowest BCUT2D eigenvalue weighted by molar-refractivity contribution is 0.414. The zero-order chi connectivity index (χ0) is 14.7. The predicted molar refractivity (Wildman–Crippen MR) is 82.2 cm³/mol. The van der Waals surface area contributed by atoms with E-state index in [9.17, 15) is 0 Å². The number of nitrogens with two attached hydrogens (primary N) is 1. The molecule has 2 heterocycles. The molecule has 0 spiro atoms. The molecule has 6 heteroatoms. The molecule has 1 aromatic carbocycles. The summed E-state index contributed by atoms with van der Waals surface area (Å²) in [6.07, 6.45) is 3.36. The molecule has 1 unspecified atom stereocenters. The number of pyridine rings is 1. The number of hydrogen-bond donors (Lipinski definition) is 1. The minimum Gasteiger partial charge on any atom is -0.494 e. The van der Waals surface area contributed by atoms with Gasteiger partial charge in [-0.05, 0) is 11.6 Å². The van der Waals surface area contributed by atoms with Crippen molar-refractivity contribution in [1.29, 1.82) is 0 Å². The molecule has 0 aliphatic rings. The van der Waals surface area contributed by atoms with Crippen LogP contribution in [0.5, 0.6) is 5.75 Å². The fraction of sp³-hybridized carbons (Fsp3) is 0.133. The molecule has 0 bridgehead atoms. The molecule has 0 radical (unpaired) electrons. The monoisotopic (exact) mass is 298 g/mol. The Morgan fingerprint density at radius 2 is 1.95 bits per heavy atom. The first kappa shape index (κ1) is 13.7. The molecule has 21 heavy (non-hydrogen) atoms. The predicted octanol–water partition coefficient (Wildman–Crippen LogP) is 2.66. The molecule has 3 aromatic rings. The van der Waals surface area contributed by atoms with E-state index < -0.39 is 0 Å². The Hall–Kier alpha value is -2.31. The lowest BCUT2D eigenvalue weighted by atomic mass is 10.1. The number of hydrogen-bond acceptors (Lipinski definition) is 6. The lowest BCUT2D eigenvalue weighted by Gasteiger charge is -2.07. The second-order valence-corrected chi connectivity index (χ2v) is 5.42. The molecule has 0 amide bonds. The lowest BCUT2D eigenvalue weighted by Crippen LogP contribution is -2.11. The van der Waals surface area contributed by atoms with Crippen molar-refractivity contribution in [3.63, 3.8) is 0 Å². The maximum Gasteiger partial charge on any atom is 0.151 e. The number of benzene rings is 1. The van der Waals surface area contributed by atoms with Crippen LogP contribution in [0.2, 0.25) is 0 Å². The van der Waals surface area contributed by atoms with Crippen molar-refractivity contribution >= 4 is 11.3 Å². The Morgan fingerprint density at radius 1 is 1.14 bits per heavy atom. The molecule has 0 fully saturated rings. The van der Waals surface area contributed by atoms with Crippen molar-refractivity contribution in [3.05, 3.63) is 59.4 Å². The Labute approximate surface area is 126 Å². The topological polar surface area (TPSA) is 73.9 Å². The van der Waals surface area contributed by atoms with Gasteiger partial charge < -0.3 is 10.5 Å². The van der Waals surface area contributed by atoms with Crippen LogP contribution in [0.1, 0.15) is 16.6 Å². The van der Waals surface area contributed by atoms with Gasteiger partial charge in [0.1, 0.15) is 10.8 Å². The van der Waals surface area contributed by atoms with Crippen molar-refractivity contribution in [2.75, 3.05) is 7.11 Å². The fourth-order valence-electron chi connectivity index (χ4n) is 1.99. The molecule has 0 aliphatic heterocycles. The summed E-state index contributed by atoms with van der Waals surface area (Å²) in [4.78, 5) is 4.04. The Balaban J connectivity index is 1.93. The van der Waals surface area contributed by atoms with Crippen LogP contribution in [-0.4, -0.2) is 22.3 Å². The molecule has 106 valence electrons. The SMILES string of the molecule is COc1cnccc1-c1nnc(C(N)c2ccccc2)s1. The third-order valence-electron chi connectivity index (χ3n) is 3.10. The highest BCUT2D eigenvalue weighted by Crippen LogP contribution is 2.33. The average Bonchev–Trinajstić information content (AvgIpc) is 3.04. The Morgan fingerprint density at radius 3 is 2.71 bits per heavy atom. The summed E-state index contributed by atoms with van der Waals surface area (Å²) in [5, 5.41) is 9.98. The zero-order valence-corrected chi connectivity index (χ0v) is 12.2. The van der Waals surface area contributed by atoms with Gasteiger partial charge in [0.15, 0.2) is 5.01 Å². The number of ether oxygens (including phenoxy) is 1. The van der Waals surface area contributed by atoms with Crippen LogP contribution in [0.25, 0.3) is 10.6 Å². The smallest absolute Gasteiger partial charge is 0.151 e.